The molecule has 1 aliphatic carbocycles. The molecule has 9 atom stereocenters. The Morgan fingerprint density at radius 1 is 0.892 bits per heavy atom. The van der Waals surface area contributed by atoms with E-state index in [0.29, 0.717) is 37.4 Å². The molecule has 6 aliphatic rings. The number of nitrogens with one attached hydrogen (secondary N) is 2. The van der Waals surface area contributed by atoms with Gasteiger partial charge in [0, 0.05) is 131 Å². The number of pyridine rings is 1. The molecule has 0 radical (unpaired) electrons. The van der Waals surface area contributed by atoms with E-state index >= 15 is 0 Å². The number of aliphatic hydroxyl groups excluding tert-OH is 2. The number of fused-ring (bicyclic) bond motifs is 15. The van der Waals surface area contributed by atoms with Crippen LogP contribution in [-0.2, 0) is 23.8 Å². The lowest BCUT2D eigenvalue weighted by Gasteiger charge is -2.38. The molecule has 83 heavy (non-hydrogen) atoms. The molecule has 3 fully saturated rings. The average molecular weight is 1150 g/mol. The maximum atomic E-state index is 14.6. The summed E-state index contributed by atoms with van der Waals surface area (Å²) < 4.78 is 40.0. The number of phenols is 3. The number of anilines is 2. The van der Waals surface area contributed by atoms with Gasteiger partial charge in [0.2, 0.25) is 5.43 Å². The van der Waals surface area contributed by atoms with Crippen LogP contribution in [-0.4, -0.2) is 172 Å². The Labute approximate surface area is 480 Å². The lowest BCUT2D eigenvalue weighted by molar-refractivity contribution is -0.160. The number of likely N-dealkylation sites (N-methyl/N-ethyl adjacent to an activating group) is 1. The second-order valence-electron chi connectivity index (χ2n) is 22.5. The third-order valence-electron chi connectivity index (χ3n) is 16.6. The zero-order valence-electron chi connectivity index (χ0n) is 48.4. The van der Waals surface area contributed by atoms with Crippen molar-refractivity contribution in [3.05, 3.63) is 92.8 Å². The van der Waals surface area contributed by atoms with E-state index in [9.17, 15) is 59.0 Å². The number of hydrogen-bond acceptors (Lipinski definition) is 19. The molecule has 1 amide bonds. The normalized spacial score (nSPS) is 28.0. The number of esters is 1. The zero-order chi connectivity index (χ0) is 60.5. The first-order valence-corrected chi connectivity index (χ1v) is 27.9. The molecule has 1 aromatic heterocycles. The van der Waals surface area contributed by atoms with Crippen LogP contribution in [0, 0.1) is 36.4 Å². The smallest absolute Gasteiger partial charge is 0.341 e. The fourth-order valence-electron chi connectivity index (χ4n) is 11.2. The summed E-state index contributed by atoms with van der Waals surface area (Å²) in [6.07, 6.45) is 8.15. The number of amides is 1. The summed E-state index contributed by atoms with van der Waals surface area (Å²) in [7, 11) is 3.42. The molecule has 3 aromatic carbocycles. The molecule has 0 unspecified atom stereocenters. The number of hydrazone groups is 1. The number of Topliss-reactive ketones (excluding diaryl/α,β-unsaturated/α-hetero) is 1. The third-order valence-corrected chi connectivity index (χ3v) is 16.6. The van der Waals surface area contributed by atoms with E-state index in [0.717, 1.165) is 39.0 Å². The Kier molecular flexibility index (Phi) is 18.6. The molecule has 2 saturated heterocycles. The van der Waals surface area contributed by atoms with Gasteiger partial charge in [0.05, 0.1) is 64.2 Å². The highest BCUT2D eigenvalue weighted by Gasteiger charge is 2.50. The average Bonchev–Trinajstić information content (AvgIpc) is 2.37. The summed E-state index contributed by atoms with van der Waals surface area (Å²) >= 11 is 0. The number of aromatic hydroxyl groups is 3. The van der Waals surface area contributed by atoms with E-state index in [4.69, 9.17) is 18.9 Å². The molecule has 5 bridgehead atoms. The second-order valence-corrected chi connectivity index (χ2v) is 22.5. The van der Waals surface area contributed by atoms with E-state index in [1.807, 2.05) is 16.5 Å². The summed E-state index contributed by atoms with van der Waals surface area (Å²) in [5.41, 5.74) is -0.191. The first-order valence-electron chi connectivity index (χ1n) is 27.9. The van der Waals surface area contributed by atoms with Gasteiger partial charge in [-0.25, -0.2) is 9.18 Å². The van der Waals surface area contributed by atoms with Gasteiger partial charge in [-0.15, -0.1) is 0 Å². The molecule has 1 saturated carbocycles. The van der Waals surface area contributed by atoms with Crippen LogP contribution in [0.4, 0.5) is 15.8 Å². The number of benzene rings is 3. The Hall–Kier alpha value is -7.57. The van der Waals surface area contributed by atoms with Crippen molar-refractivity contribution in [2.24, 2.45) is 28.8 Å². The highest BCUT2D eigenvalue weighted by atomic mass is 19.1. The number of aromatic carboxylic acids is 1. The van der Waals surface area contributed by atoms with Crippen molar-refractivity contribution in [2.45, 2.75) is 104 Å². The lowest BCUT2D eigenvalue weighted by atomic mass is 9.78. The summed E-state index contributed by atoms with van der Waals surface area (Å²) in [6, 6.07) is 3.08. The fraction of sp³-hybridized carbons (Fsp3) is 0.500. The van der Waals surface area contributed by atoms with Crippen LogP contribution >= 0.6 is 0 Å². The maximum Gasteiger partial charge on any atom is 0.341 e. The molecule has 23 heteroatoms. The van der Waals surface area contributed by atoms with Gasteiger partial charge in [-0.3, -0.25) is 24.2 Å². The number of carbonyl (C=O) groups excluding carboxylic acids is 3. The van der Waals surface area contributed by atoms with E-state index in [2.05, 4.69) is 20.6 Å². The summed E-state index contributed by atoms with van der Waals surface area (Å²) in [4.78, 5) is 68.3. The van der Waals surface area contributed by atoms with Gasteiger partial charge < -0.3 is 74.6 Å². The summed E-state index contributed by atoms with van der Waals surface area (Å²) in [5, 5.41) is 79.5. The van der Waals surface area contributed by atoms with Crippen LogP contribution in [0.25, 0.3) is 21.7 Å². The number of rotatable bonds is 7. The number of aliphatic hydroxyl groups is 2. The number of nitrogens with zero attached hydrogens (tertiary/aromatic N) is 5. The lowest BCUT2D eigenvalue weighted by Crippen LogP contribution is -2.46. The third kappa shape index (κ3) is 12.5. The Morgan fingerprint density at radius 2 is 1.57 bits per heavy atom. The quantitative estimate of drug-likeness (QED) is 0.0461. The van der Waals surface area contributed by atoms with Gasteiger partial charge in [-0.2, -0.15) is 5.10 Å². The minimum atomic E-state index is -2.04. The summed E-state index contributed by atoms with van der Waals surface area (Å²) in [5.74, 6) is -10.1. The van der Waals surface area contributed by atoms with Crippen molar-refractivity contribution in [2.75, 3.05) is 76.7 Å². The van der Waals surface area contributed by atoms with E-state index in [1.54, 1.807) is 50.9 Å². The molecule has 6 heterocycles. The Morgan fingerprint density at radius 3 is 2.19 bits per heavy atom. The molecular weight excluding hydrogens is 1080 g/mol. The predicted octanol–water partition coefficient (Wildman–Crippen LogP) is 5.92. The topological polar surface area (TPSA) is 295 Å². The Bertz CT molecular complexity index is 3360. The van der Waals surface area contributed by atoms with Crippen LogP contribution in [0.15, 0.2) is 64.4 Å². The number of piperazine rings is 2. The number of carbonyl (C=O) groups is 4. The van der Waals surface area contributed by atoms with E-state index < -0.39 is 106 Å². The first-order chi connectivity index (χ1) is 39.3. The number of carboxylic acid groups (broad SMARTS) is 1. The maximum absolute atomic E-state index is 14.6. The minimum Gasteiger partial charge on any atom is -0.507 e. The number of allylic oxidation sites excluding steroid dienone is 2. The number of phenolic OH excluding ortho intramolecular Hbond substituents is 3. The van der Waals surface area contributed by atoms with Crippen molar-refractivity contribution in [1.29, 1.82) is 0 Å². The molecular formula is C60H76FN7O15. The molecule has 448 valence electrons. The predicted molar refractivity (Wildman–Crippen MR) is 309 cm³/mol. The van der Waals surface area contributed by atoms with Crippen LogP contribution < -0.4 is 25.7 Å². The van der Waals surface area contributed by atoms with Crippen molar-refractivity contribution >= 4 is 62.9 Å². The van der Waals surface area contributed by atoms with Crippen LogP contribution in [0.2, 0.25) is 0 Å². The number of aromatic nitrogens is 1. The van der Waals surface area contributed by atoms with Gasteiger partial charge in [-0.05, 0) is 51.9 Å². The highest BCUT2D eigenvalue weighted by Crippen LogP contribution is 2.55. The molecule has 5 aliphatic heterocycles. The SMILES string of the molecule is CO[C@H]1/C=C/O[C@@]2(C)Oc3c(C)c(O)c4c(O)c(c(/C=N/N5CCN(C)CC5)c(O)c4c3C2=O)NC(=O)/C(C)=C\C=C\[C@H](C)[C@H](O)[C@@H](C)[C@@H](O)[C@@H](C)[C@H](OC(C)=O)[C@@H]1C.O=C(O)c1cn(C2CC2)c2cc(N3CCNCC3)c(F)cc2c1=O. The van der Waals surface area contributed by atoms with Crippen molar-refractivity contribution in [3.8, 4) is 23.0 Å². The highest BCUT2D eigenvalue weighted by molar-refractivity contribution is 6.24. The number of methoxy groups -OCH3 is 1. The standard InChI is InChI=1S/C43H58N4O12.C17H18FN3O3/c1-21-12-11-13-22(2)42(55)45-33-28(20-44-47-17-15-46(9)16-18-47)37(52)30-31(38(33)53)36(51)26(6)40-32(30)41(54)43(8,59-40)57-19-14-29(56-10)23(3)39(58-27(7)48)25(5)35(50)24(4)34(21)49;18-13-7-11-14(8-15(13)20-5-3-19-4-6-20)21(10-1-2-10)9-12(16(11)22)17(23)24/h11-14,19-21,23-25,29,34-35,39,49-53H,15-18H2,1-10H3,(H,45,55);7-10,19H,1-6H2,(H,23,24)/b12-11+,19-14+,22-13-,44-20+;/t21-,23+,24+,25+,29-,34-,35+,39+,43-;/m0./s1. The van der Waals surface area contributed by atoms with Crippen LogP contribution in [0.1, 0.15) is 99.2 Å². The number of ketones is 1. The van der Waals surface area contributed by atoms with Gasteiger partial charge in [-0.1, -0.05) is 45.9 Å². The monoisotopic (exact) mass is 1150 g/mol. The fourth-order valence-corrected chi connectivity index (χ4v) is 11.2. The van der Waals surface area contributed by atoms with Gasteiger partial charge in [0.25, 0.3) is 11.7 Å². The van der Waals surface area contributed by atoms with Gasteiger partial charge >= 0.3 is 17.7 Å². The van der Waals surface area contributed by atoms with Crippen molar-refractivity contribution in [1.82, 2.24) is 19.8 Å². The number of halogens is 1. The number of hydrogen-bond donors (Lipinski definition) is 8. The van der Waals surface area contributed by atoms with Crippen LogP contribution in [0.3, 0.4) is 0 Å². The molecule has 22 nitrogen and oxygen atoms in total. The number of ether oxygens (including phenoxy) is 4. The molecule has 0 spiro atoms. The summed E-state index contributed by atoms with van der Waals surface area (Å²) in [6.45, 7) is 18.1. The van der Waals surface area contributed by atoms with Gasteiger partial charge in [0.1, 0.15) is 34.7 Å². The molecule has 4 aromatic rings. The Balaban J connectivity index is 0.000000308. The zero-order valence-corrected chi connectivity index (χ0v) is 48.4. The number of carboxylic acids is 1. The van der Waals surface area contributed by atoms with Crippen molar-refractivity contribution in [3.63, 3.8) is 0 Å². The van der Waals surface area contributed by atoms with Crippen LogP contribution in [0.5, 0.6) is 23.0 Å². The van der Waals surface area contributed by atoms with Crippen molar-refractivity contribution < 1.29 is 73.2 Å². The molecule has 8 N–H and O–H groups in total. The molecule has 10 rings (SSSR count). The second kappa shape index (κ2) is 25.1. The van der Waals surface area contributed by atoms with E-state index in [1.165, 1.54) is 71.7 Å². The van der Waals surface area contributed by atoms with Gasteiger partial charge in [0.15, 0.2) is 5.75 Å². The largest absolute Gasteiger partial charge is 0.507 e. The van der Waals surface area contributed by atoms with E-state index in [-0.39, 0.29) is 61.5 Å². The minimum absolute atomic E-state index is 0.0559. The first kappa shape index (κ1) is 61.5.